The summed E-state index contributed by atoms with van der Waals surface area (Å²) in [6.07, 6.45) is 6.73. The first-order valence-corrected chi connectivity index (χ1v) is 11.5. The minimum absolute atomic E-state index is 0.252. The van der Waals surface area contributed by atoms with E-state index in [0.29, 0.717) is 17.5 Å². The Kier molecular flexibility index (Phi) is 4.56. The van der Waals surface area contributed by atoms with Crippen molar-refractivity contribution < 1.29 is 4.42 Å². The average Bonchev–Trinajstić information content (AvgIpc) is 3.07. The molecule has 0 saturated heterocycles. The summed E-state index contributed by atoms with van der Waals surface area (Å²) in [5.41, 5.74) is 7.80. The van der Waals surface area contributed by atoms with Crippen LogP contribution in [-0.2, 0) is 0 Å². The summed E-state index contributed by atoms with van der Waals surface area (Å²) in [6.45, 7) is 4.18. The molecule has 2 heterocycles. The first-order chi connectivity index (χ1) is 14.0. The van der Waals surface area contributed by atoms with Gasteiger partial charge in [0.05, 0.1) is 16.6 Å². The van der Waals surface area contributed by atoms with Crippen LogP contribution in [0.15, 0.2) is 15.5 Å². The van der Waals surface area contributed by atoms with Crippen molar-refractivity contribution in [3.05, 3.63) is 34.2 Å². The maximum Gasteiger partial charge on any atom is 0.198 e. The molecule has 1 saturated carbocycles. The number of likely N-dealkylation sites (N-methyl/N-ethyl adjacent to an activating group) is 1. The molecular formula is C23H26N4OS. The molecule has 2 atom stereocenters. The molecule has 1 fully saturated rings. The van der Waals surface area contributed by atoms with Crippen molar-refractivity contribution in [2.45, 2.75) is 56.9 Å². The van der Waals surface area contributed by atoms with Crippen molar-refractivity contribution >= 4 is 34.1 Å². The standard InChI is InChI=1S/C23H26N4OS/c1-12-17(10-24)21-22(28-23(26-21)14-5-6-14)20(15-7-8-16(9-15)27(3)4)19(12)18-11-29-13(2)25-18/h9,13-14,16H,5-8,11H2,1-4H3. The molecule has 0 radical (unpaired) electrons. The predicted molar refractivity (Wildman–Crippen MR) is 119 cm³/mol. The molecule has 3 aliphatic rings. The molecule has 150 valence electrons. The van der Waals surface area contributed by atoms with Crippen LogP contribution in [0.2, 0.25) is 0 Å². The second-order valence-corrected chi connectivity index (χ2v) is 9.92. The van der Waals surface area contributed by atoms with Crippen LogP contribution < -0.4 is 0 Å². The first-order valence-electron chi connectivity index (χ1n) is 10.4. The third kappa shape index (κ3) is 3.12. The summed E-state index contributed by atoms with van der Waals surface area (Å²) in [4.78, 5) is 12.0. The van der Waals surface area contributed by atoms with Crippen LogP contribution in [0.4, 0.5) is 0 Å². The largest absolute Gasteiger partial charge is 0.440 e. The zero-order chi connectivity index (χ0) is 20.3. The zero-order valence-corrected chi connectivity index (χ0v) is 18.3. The highest BCUT2D eigenvalue weighted by Gasteiger charge is 2.34. The molecule has 5 nitrogen and oxygen atoms in total. The Morgan fingerprint density at radius 3 is 2.62 bits per heavy atom. The Hall–Kier alpha value is -2.10. The number of nitrogens with zero attached hydrogens (tertiary/aromatic N) is 4. The first kappa shape index (κ1) is 18.9. The van der Waals surface area contributed by atoms with E-state index in [2.05, 4.69) is 45.0 Å². The lowest BCUT2D eigenvalue weighted by Gasteiger charge is -2.16. The van der Waals surface area contributed by atoms with Crippen LogP contribution >= 0.6 is 11.8 Å². The van der Waals surface area contributed by atoms with Crippen molar-refractivity contribution in [3.63, 3.8) is 0 Å². The van der Waals surface area contributed by atoms with E-state index in [1.165, 1.54) is 5.57 Å². The van der Waals surface area contributed by atoms with E-state index in [1.807, 2.05) is 11.8 Å². The van der Waals surface area contributed by atoms with Crippen LogP contribution in [-0.4, -0.2) is 46.9 Å². The second kappa shape index (κ2) is 7.00. The number of oxazole rings is 1. The lowest BCUT2D eigenvalue weighted by atomic mass is 9.88. The van der Waals surface area contributed by atoms with Crippen LogP contribution in [0.25, 0.3) is 16.7 Å². The van der Waals surface area contributed by atoms with Crippen molar-refractivity contribution in [1.29, 1.82) is 5.26 Å². The lowest BCUT2D eigenvalue weighted by molar-refractivity contribution is 0.340. The Balaban J connectivity index is 1.81. The highest BCUT2D eigenvalue weighted by Crippen LogP contribution is 2.45. The molecule has 6 heteroatoms. The van der Waals surface area contributed by atoms with Gasteiger partial charge in [-0.1, -0.05) is 6.08 Å². The molecule has 1 aliphatic heterocycles. The number of nitriles is 1. The zero-order valence-electron chi connectivity index (χ0n) is 17.5. The van der Waals surface area contributed by atoms with Crippen LogP contribution in [0.3, 0.4) is 0 Å². The van der Waals surface area contributed by atoms with Gasteiger partial charge in [-0.25, -0.2) is 4.98 Å². The fourth-order valence-electron chi connectivity index (χ4n) is 4.54. The lowest BCUT2D eigenvalue weighted by Crippen LogP contribution is -2.23. The third-order valence-corrected chi connectivity index (χ3v) is 7.35. The van der Waals surface area contributed by atoms with Crippen molar-refractivity contribution in [3.8, 4) is 6.07 Å². The average molecular weight is 407 g/mol. The summed E-state index contributed by atoms with van der Waals surface area (Å²) in [6, 6.07) is 2.84. The molecular weight excluding hydrogens is 380 g/mol. The summed E-state index contributed by atoms with van der Waals surface area (Å²) < 4.78 is 6.38. The van der Waals surface area contributed by atoms with E-state index in [4.69, 9.17) is 14.4 Å². The van der Waals surface area contributed by atoms with E-state index >= 15 is 0 Å². The summed E-state index contributed by atoms with van der Waals surface area (Å²) in [7, 11) is 4.26. The molecule has 2 unspecified atom stereocenters. The van der Waals surface area contributed by atoms with Gasteiger partial charge in [-0.2, -0.15) is 5.26 Å². The topological polar surface area (TPSA) is 65.4 Å². The smallest absolute Gasteiger partial charge is 0.198 e. The number of hydrogen-bond donors (Lipinski definition) is 0. The molecule has 0 amide bonds. The molecule has 2 aliphatic carbocycles. The molecule has 0 spiro atoms. The number of hydrogen-bond acceptors (Lipinski definition) is 6. The Labute approximate surface area is 175 Å². The number of aromatic nitrogens is 1. The number of rotatable bonds is 4. The summed E-state index contributed by atoms with van der Waals surface area (Å²) >= 11 is 1.84. The summed E-state index contributed by atoms with van der Waals surface area (Å²) in [5.74, 6) is 2.09. The van der Waals surface area contributed by atoms with E-state index < -0.39 is 0 Å². The highest BCUT2D eigenvalue weighted by atomic mass is 32.2. The third-order valence-electron chi connectivity index (χ3n) is 6.32. The van der Waals surface area contributed by atoms with Gasteiger partial charge in [0, 0.05) is 28.8 Å². The SMILES string of the molecule is Cc1c(C2=NC(C)SC2)c(C2=CC(N(C)C)CC2)c2oc(C3CC3)nc2c1C#N. The van der Waals surface area contributed by atoms with Gasteiger partial charge in [0.2, 0.25) is 0 Å². The summed E-state index contributed by atoms with van der Waals surface area (Å²) in [5, 5.41) is 10.2. The molecule has 1 aromatic heterocycles. The molecule has 0 bridgehead atoms. The van der Waals surface area contributed by atoms with Gasteiger partial charge < -0.3 is 9.32 Å². The molecule has 5 rings (SSSR count). The van der Waals surface area contributed by atoms with Crippen LogP contribution in [0.1, 0.15) is 66.7 Å². The predicted octanol–water partition coefficient (Wildman–Crippen LogP) is 4.87. The molecule has 1 aromatic carbocycles. The number of thioether (sulfide) groups is 1. The van der Waals surface area contributed by atoms with Crippen LogP contribution in [0.5, 0.6) is 0 Å². The van der Waals surface area contributed by atoms with E-state index in [0.717, 1.165) is 70.8 Å². The van der Waals surface area contributed by atoms with Gasteiger partial charge >= 0.3 is 0 Å². The molecule has 0 N–H and O–H groups in total. The quantitative estimate of drug-likeness (QED) is 0.724. The second-order valence-electron chi connectivity index (χ2n) is 8.61. The Bertz CT molecular complexity index is 1100. The number of benzene rings is 1. The number of allylic oxidation sites excluding steroid dienone is 1. The van der Waals surface area contributed by atoms with Gasteiger partial charge in [0.1, 0.15) is 11.6 Å². The van der Waals surface area contributed by atoms with Gasteiger partial charge in [-0.15, -0.1) is 11.8 Å². The maximum atomic E-state index is 9.97. The van der Waals surface area contributed by atoms with Crippen molar-refractivity contribution in [1.82, 2.24) is 9.88 Å². The van der Waals surface area contributed by atoms with Gasteiger partial charge in [-0.05, 0) is 64.8 Å². The van der Waals surface area contributed by atoms with E-state index in [9.17, 15) is 5.26 Å². The minimum atomic E-state index is 0.252. The minimum Gasteiger partial charge on any atom is -0.440 e. The fourth-order valence-corrected chi connectivity index (χ4v) is 5.36. The van der Waals surface area contributed by atoms with Crippen molar-refractivity contribution in [2.24, 2.45) is 4.99 Å². The van der Waals surface area contributed by atoms with Crippen LogP contribution in [0, 0.1) is 18.3 Å². The highest BCUT2D eigenvalue weighted by molar-refractivity contribution is 8.00. The van der Waals surface area contributed by atoms with E-state index in [1.54, 1.807) is 0 Å². The molecule has 29 heavy (non-hydrogen) atoms. The van der Waals surface area contributed by atoms with Gasteiger partial charge in [0.15, 0.2) is 11.5 Å². The Morgan fingerprint density at radius 1 is 1.24 bits per heavy atom. The molecule has 2 aromatic rings. The number of aliphatic imine (C=N–C) groups is 1. The number of fused-ring (bicyclic) bond motifs is 1. The van der Waals surface area contributed by atoms with Gasteiger partial charge in [-0.3, -0.25) is 4.99 Å². The maximum absolute atomic E-state index is 9.97. The fraction of sp³-hybridized carbons (Fsp3) is 0.522. The monoisotopic (exact) mass is 406 g/mol. The van der Waals surface area contributed by atoms with Gasteiger partial charge in [0.25, 0.3) is 0 Å². The Morgan fingerprint density at radius 2 is 2.03 bits per heavy atom. The van der Waals surface area contributed by atoms with E-state index in [-0.39, 0.29) is 5.37 Å². The van der Waals surface area contributed by atoms with Crippen molar-refractivity contribution in [2.75, 3.05) is 19.8 Å². The normalized spacial score (nSPS) is 24.3.